The van der Waals surface area contributed by atoms with Gasteiger partial charge in [-0.1, -0.05) is 6.07 Å². The number of hydrogen-bond donors (Lipinski definition) is 1. The van der Waals surface area contributed by atoms with E-state index in [0.29, 0.717) is 11.1 Å². The molecule has 78 valence electrons. The summed E-state index contributed by atoms with van der Waals surface area (Å²) in [7, 11) is -3.61. The van der Waals surface area contributed by atoms with Gasteiger partial charge in [0.15, 0.2) is 0 Å². The number of rotatable bonds is 2. The summed E-state index contributed by atoms with van der Waals surface area (Å²) in [6.45, 7) is 3.13. The van der Waals surface area contributed by atoms with Crippen LogP contribution >= 0.6 is 0 Å². The first-order chi connectivity index (χ1) is 6.32. The van der Waals surface area contributed by atoms with Crippen molar-refractivity contribution in [2.24, 2.45) is 5.14 Å². The molecule has 14 heavy (non-hydrogen) atoms. The molecule has 0 fully saturated rings. The van der Waals surface area contributed by atoms with Gasteiger partial charge in [0.2, 0.25) is 10.0 Å². The molecule has 1 aromatic rings. The molecule has 0 aliphatic carbocycles. The van der Waals surface area contributed by atoms with Crippen LogP contribution in [0, 0.1) is 12.7 Å². The first-order valence-corrected chi connectivity index (χ1v) is 5.71. The third-order valence-electron chi connectivity index (χ3n) is 2.16. The molecule has 0 amide bonds. The maximum Gasteiger partial charge on any atom is 0.215 e. The lowest BCUT2D eigenvalue weighted by atomic mass is 10.1. The number of halogens is 1. The van der Waals surface area contributed by atoms with Crippen molar-refractivity contribution in [3.05, 3.63) is 35.1 Å². The smallest absolute Gasteiger partial charge is 0.215 e. The average molecular weight is 217 g/mol. The van der Waals surface area contributed by atoms with Crippen molar-refractivity contribution in [3.63, 3.8) is 0 Å². The zero-order chi connectivity index (χ0) is 10.9. The monoisotopic (exact) mass is 217 g/mol. The fourth-order valence-electron chi connectivity index (χ4n) is 1.27. The van der Waals surface area contributed by atoms with E-state index >= 15 is 0 Å². The van der Waals surface area contributed by atoms with Crippen molar-refractivity contribution in [2.75, 3.05) is 0 Å². The molecule has 0 spiro atoms. The van der Waals surface area contributed by atoms with E-state index < -0.39 is 15.3 Å². The van der Waals surface area contributed by atoms with Crippen molar-refractivity contribution in [3.8, 4) is 0 Å². The molecule has 1 atom stereocenters. The highest BCUT2D eigenvalue weighted by molar-refractivity contribution is 7.89. The number of aryl methyl sites for hydroxylation is 1. The fourth-order valence-corrected chi connectivity index (χ4v) is 1.89. The van der Waals surface area contributed by atoms with Gasteiger partial charge in [-0.2, -0.15) is 0 Å². The van der Waals surface area contributed by atoms with Crippen LogP contribution in [0.5, 0.6) is 0 Å². The summed E-state index contributed by atoms with van der Waals surface area (Å²) in [5.41, 5.74) is 1.13. The molecule has 1 unspecified atom stereocenters. The highest BCUT2D eigenvalue weighted by atomic mass is 32.2. The summed E-state index contributed by atoms with van der Waals surface area (Å²) in [6, 6.07) is 3.96. The van der Waals surface area contributed by atoms with Gasteiger partial charge >= 0.3 is 0 Å². The second-order valence-corrected chi connectivity index (χ2v) is 5.12. The third kappa shape index (κ3) is 2.30. The molecule has 1 rings (SSSR count). The Labute approximate surface area is 82.8 Å². The van der Waals surface area contributed by atoms with E-state index in [1.54, 1.807) is 6.92 Å². The van der Waals surface area contributed by atoms with Crippen LogP contribution in [-0.4, -0.2) is 8.42 Å². The highest BCUT2D eigenvalue weighted by Gasteiger charge is 2.19. The van der Waals surface area contributed by atoms with Crippen LogP contribution in [0.1, 0.15) is 23.3 Å². The van der Waals surface area contributed by atoms with Gasteiger partial charge in [-0.25, -0.2) is 17.9 Å². The molecule has 1 aromatic carbocycles. The van der Waals surface area contributed by atoms with Crippen LogP contribution in [0.3, 0.4) is 0 Å². The number of benzene rings is 1. The summed E-state index contributed by atoms with van der Waals surface area (Å²) in [5, 5.41) is 4.19. The Kier molecular flexibility index (Phi) is 2.92. The van der Waals surface area contributed by atoms with E-state index in [-0.39, 0.29) is 5.82 Å². The van der Waals surface area contributed by atoms with Crippen LogP contribution < -0.4 is 5.14 Å². The van der Waals surface area contributed by atoms with Crippen molar-refractivity contribution in [1.29, 1.82) is 0 Å². The van der Waals surface area contributed by atoms with Gasteiger partial charge in [0.05, 0.1) is 5.25 Å². The summed E-state index contributed by atoms with van der Waals surface area (Å²) < 4.78 is 34.8. The zero-order valence-corrected chi connectivity index (χ0v) is 8.81. The van der Waals surface area contributed by atoms with Crippen LogP contribution in [0.2, 0.25) is 0 Å². The van der Waals surface area contributed by atoms with Crippen molar-refractivity contribution in [1.82, 2.24) is 0 Å². The maximum absolute atomic E-state index is 12.7. The molecule has 0 aliphatic heterocycles. The molecule has 0 saturated carbocycles. The first kappa shape index (κ1) is 11.1. The molecule has 0 aliphatic rings. The minimum Gasteiger partial charge on any atom is -0.228 e. The van der Waals surface area contributed by atoms with Gasteiger partial charge < -0.3 is 0 Å². The van der Waals surface area contributed by atoms with Crippen LogP contribution in [0.25, 0.3) is 0 Å². The Morgan fingerprint density at radius 2 is 2.00 bits per heavy atom. The fraction of sp³-hybridized carbons (Fsp3) is 0.333. The molecule has 0 aromatic heterocycles. The number of sulfonamides is 1. The predicted molar refractivity (Wildman–Crippen MR) is 52.7 cm³/mol. The second kappa shape index (κ2) is 3.67. The second-order valence-electron chi connectivity index (χ2n) is 3.23. The minimum atomic E-state index is -3.61. The SMILES string of the molecule is Cc1cc(F)ccc1C(C)S(N)(=O)=O. The van der Waals surface area contributed by atoms with Gasteiger partial charge in [-0.05, 0) is 37.1 Å². The lowest BCUT2D eigenvalue weighted by Gasteiger charge is -2.12. The molecule has 0 radical (unpaired) electrons. The van der Waals surface area contributed by atoms with Crippen LogP contribution in [0.4, 0.5) is 4.39 Å². The molecule has 2 N–H and O–H groups in total. The third-order valence-corrected chi connectivity index (χ3v) is 3.40. The van der Waals surface area contributed by atoms with Crippen molar-refractivity contribution < 1.29 is 12.8 Å². The van der Waals surface area contributed by atoms with Gasteiger partial charge in [-0.15, -0.1) is 0 Å². The molecule has 0 bridgehead atoms. The minimum absolute atomic E-state index is 0.382. The van der Waals surface area contributed by atoms with E-state index in [4.69, 9.17) is 5.14 Å². The normalized spacial score (nSPS) is 14.0. The Bertz CT molecular complexity index is 442. The Morgan fingerprint density at radius 3 is 2.43 bits per heavy atom. The van der Waals surface area contributed by atoms with Crippen molar-refractivity contribution >= 4 is 10.0 Å². The standard InChI is InChI=1S/C9H12FNO2S/c1-6-5-8(10)3-4-9(6)7(2)14(11,12)13/h3-5,7H,1-2H3,(H2,11,12,13). The maximum atomic E-state index is 12.7. The number of hydrogen-bond acceptors (Lipinski definition) is 2. The van der Waals surface area contributed by atoms with E-state index in [0.717, 1.165) is 0 Å². The summed E-state index contributed by atoms with van der Waals surface area (Å²) >= 11 is 0. The molecule has 3 nitrogen and oxygen atoms in total. The van der Waals surface area contributed by atoms with Gasteiger partial charge in [0, 0.05) is 0 Å². The largest absolute Gasteiger partial charge is 0.228 e. The van der Waals surface area contributed by atoms with Crippen LogP contribution in [0.15, 0.2) is 18.2 Å². The lowest BCUT2D eigenvalue weighted by Crippen LogP contribution is -2.19. The molecule has 0 saturated heterocycles. The summed E-state index contributed by atoms with van der Waals surface area (Å²) in [5.74, 6) is -0.382. The highest BCUT2D eigenvalue weighted by Crippen LogP contribution is 2.23. The molecule has 5 heteroatoms. The summed E-state index contributed by atoms with van der Waals surface area (Å²) in [6.07, 6.45) is 0. The van der Waals surface area contributed by atoms with E-state index in [1.165, 1.54) is 25.1 Å². The van der Waals surface area contributed by atoms with E-state index in [9.17, 15) is 12.8 Å². The van der Waals surface area contributed by atoms with Crippen LogP contribution in [-0.2, 0) is 10.0 Å². The average Bonchev–Trinajstić information content (AvgIpc) is 2.01. The zero-order valence-electron chi connectivity index (χ0n) is 7.99. The van der Waals surface area contributed by atoms with Crippen molar-refractivity contribution in [2.45, 2.75) is 19.1 Å². The Balaban J connectivity index is 3.21. The molecular weight excluding hydrogens is 205 g/mol. The topological polar surface area (TPSA) is 60.2 Å². The lowest BCUT2D eigenvalue weighted by molar-refractivity contribution is 0.586. The van der Waals surface area contributed by atoms with Gasteiger partial charge in [0.25, 0.3) is 0 Å². The summed E-state index contributed by atoms with van der Waals surface area (Å²) in [4.78, 5) is 0. The first-order valence-electron chi connectivity index (χ1n) is 4.10. The quantitative estimate of drug-likeness (QED) is 0.815. The molecular formula is C9H12FNO2S. The Morgan fingerprint density at radius 1 is 1.43 bits per heavy atom. The predicted octanol–water partition coefficient (Wildman–Crippen LogP) is 1.48. The number of nitrogens with two attached hydrogens (primary N) is 1. The Hall–Kier alpha value is -0.940. The molecule has 0 heterocycles. The van der Waals surface area contributed by atoms with Gasteiger partial charge in [0.1, 0.15) is 5.82 Å². The van der Waals surface area contributed by atoms with Gasteiger partial charge in [-0.3, -0.25) is 0 Å². The van der Waals surface area contributed by atoms with E-state index in [1.807, 2.05) is 0 Å². The van der Waals surface area contributed by atoms with E-state index in [2.05, 4.69) is 0 Å². The number of primary sulfonamides is 1.